The van der Waals surface area contributed by atoms with Gasteiger partial charge in [-0.25, -0.2) is 8.42 Å². The van der Waals surface area contributed by atoms with Gasteiger partial charge in [-0.1, -0.05) is 22.8 Å². The molecule has 7 heteroatoms. The first-order chi connectivity index (χ1) is 9.97. The minimum atomic E-state index is -3.70. The topological polar surface area (TPSA) is 72.2 Å². The molecule has 0 unspecified atom stereocenters. The lowest BCUT2D eigenvalue weighted by molar-refractivity contribution is 0.456. The van der Waals surface area contributed by atoms with E-state index >= 15 is 0 Å². The van der Waals surface area contributed by atoms with Crippen molar-refractivity contribution in [1.82, 2.24) is 5.16 Å². The van der Waals surface area contributed by atoms with Crippen LogP contribution in [0.3, 0.4) is 0 Å². The maximum atomic E-state index is 12.4. The van der Waals surface area contributed by atoms with Crippen molar-refractivity contribution in [2.45, 2.75) is 11.8 Å². The van der Waals surface area contributed by atoms with Crippen molar-refractivity contribution < 1.29 is 12.9 Å². The number of hydrogen-bond donors (Lipinski definition) is 1. The third-order valence-corrected chi connectivity index (χ3v) is 5.05. The minimum Gasteiger partial charge on any atom is -0.356 e. The van der Waals surface area contributed by atoms with Gasteiger partial charge in [-0.05, 0) is 42.8 Å². The highest BCUT2D eigenvalue weighted by atomic mass is 35.5. The zero-order valence-electron chi connectivity index (χ0n) is 11.0. The number of benzene rings is 2. The van der Waals surface area contributed by atoms with Gasteiger partial charge in [0.2, 0.25) is 0 Å². The molecule has 1 N–H and O–H groups in total. The summed E-state index contributed by atoms with van der Waals surface area (Å²) < 4.78 is 32.4. The fourth-order valence-corrected chi connectivity index (χ4v) is 3.57. The highest BCUT2D eigenvalue weighted by Crippen LogP contribution is 2.26. The van der Waals surface area contributed by atoms with Gasteiger partial charge in [-0.2, -0.15) is 0 Å². The highest BCUT2D eigenvalue weighted by Gasteiger charge is 2.18. The molecule has 0 aliphatic carbocycles. The molecule has 2 aromatic carbocycles. The molecule has 108 valence electrons. The van der Waals surface area contributed by atoms with E-state index in [2.05, 4.69) is 9.88 Å². The van der Waals surface area contributed by atoms with Crippen molar-refractivity contribution >= 4 is 38.3 Å². The van der Waals surface area contributed by atoms with Crippen LogP contribution in [0.4, 0.5) is 5.69 Å². The lowest BCUT2D eigenvalue weighted by Crippen LogP contribution is -2.14. The van der Waals surface area contributed by atoms with Crippen LogP contribution in [-0.4, -0.2) is 13.6 Å². The molecule has 21 heavy (non-hydrogen) atoms. The molecule has 0 aliphatic heterocycles. The van der Waals surface area contributed by atoms with Gasteiger partial charge in [0.05, 0.1) is 11.1 Å². The standard InChI is InChI=1S/C14H11ClN2O3S/c1-9-12(15)3-2-4-14(9)21(18,19)17-11-5-6-13-10(7-11)8-16-20-13/h2-8,17H,1H3. The quantitative estimate of drug-likeness (QED) is 0.799. The lowest BCUT2D eigenvalue weighted by atomic mass is 10.2. The average Bonchev–Trinajstić information content (AvgIpc) is 2.88. The summed E-state index contributed by atoms with van der Waals surface area (Å²) in [6.45, 7) is 1.67. The van der Waals surface area contributed by atoms with Crippen LogP contribution in [0.2, 0.25) is 5.02 Å². The van der Waals surface area contributed by atoms with Crippen LogP contribution in [0.25, 0.3) is 11.0 Å². The largest absolute Gasteiger partial charge is 0.356 e. The average molecular weight is 323 g/mol. The fourth-order valence-electron chi connectivity index (χ4n) is 2.02. The number of rotatable bonds is 3. The highest BCUT2D eigenvalue weighted by molar-refractivity contribution is 7.92. The SMILES string of the molecule is Cc1c(Cl)cccc1S(=O)(=O)Nc1ccc2oncc2c1. The van der Waals surface area contributed by atoms with E-state index in [4.69, 9.17) is 16.1 Å². The van der Waals surface area contributed by atoms with Gasteiger partial charge in [-0.3, -0.25) is 4.72 Å². The summed E-state index contributed by atoms with van der Waals surface area (Å²) in [5.41, 5.74) is 1.54. The monoisotopic (exact) mass is 322 g/mol. The van der Waals surface area contributed by atoms with Gasteiger partial charge in [0, 0.05) is 16.1 Å². The van der Waals surface area contributed by atoms with Crippen LogP contribution in [0.15, 0.2) is 52.0 Å². The summed E-state index contributed by atoms with van der Waals surface area (Å²) in [5, 5.41) is 4.78. The maximum Gasteiger partial charge on any atom is 0.262 e. The molecule has 0 bridgehead atoms. The Labute approximate surface area is 126 Å². The molecule has 5 nitrogen and oxygen atoms in total. The van der Waals surface area contributed by atoms with E-state index in [9.17, 15) is 8.42 Å². The predicted molar refractivity (Wildman–Crippen MR) is 81.0 cm³/mol. The van der Waals surface area contributed by atoms with Gasteiger partial charge in [0.15, 0.2) is 5.58 Å². The van der Waals surface area contributed by atoms with E-state index < -0.39 is 10.0 Å². The molecule has 1 aromatic heterocycles. The molecular formula is C14H11ClN2O3S. The van der Waals surface area contributed by atoms with Gasteiger partial charge >= 0.3 is 0 Å². The van der Waals surface area contributed by atoms with E-state index in [1.807, 2.05) is 0 Å². The van der Waals surface area contributed by atoms with Crippen LogP contribution in [0.1, 0.15) is 5.56 Å². The molecule has 0 saturated carbocycles. The van der Waals surface area contributed by atoms with Crippen molar-refractivity contribution in [2.75, 3.05) is 4.72 Å². The molecule has 0 spiro atoms. The Morgan fingerprint density at radius 3 is 2.86 bits per heavy atom. The zero-order valence-corrected chi connectivity index (χ0v) is 12.6. The van der Waals surface area contributed by atoms with Crippen LogP contribution >= 0.6 is 11.6 Å². The molecule has 0 saturated heterocycles. The smallest absolute Gasteiger partial charge is 0.262 e. The molecule has 3 aromatic rings. The number of nitrogens with zero attached hydrogens (tertiary/aromatic N) is 1. The Hall–Kier alpha value is -2.05. The van der Waals surface area contributed by atoms with E-state index in [-0.39, 0.29) is 4.90 Å². The Balaban J connectivity index is 2.00. The van der Waals surface area contributed by atoms with Crippen LogP contribution in [-0.2, 0) is 10.0 Å². The number of hydrogen-bond acceptors (Lipinski definition) is 4. The Morgan fingerprint density at radius 2 is 2.05 bits per heavy atom. The van der Waals surface area contributed by atoms with Crippen molar-refractivity contribution in [1.29, 1.82) is 0 Å². The van der Waals surface area contributed by atoms with Crippen molar-refractivity contribution in [3.63, 3.8) is 0 Å². The summed E-state index contributed by atoms with van der Waals surface area (Å²) >= 11 is 5.97. The van der Waals surface area contributed by atoms with Crippen molar-refractivity contribution in [3.8, 4) is 0 Å². The van der Waals surface area contributed by atoms with Gasteiger partial charge in [0.1, 0.15) is 0 Å². The lowest BCUT2D eigenvalue weighted by Gasteiger charge is -2.11. The molecule has 0 atom stereocenters. The molecule has 0 fully saturated rings. The molecular weight excluding hydrogens is 312 g/mol. The Morgan fingerprint density at radius 1 is 1.24 bits per heavy atom. The number of aromatic nitrogens is 1. The van der Waals surface area contributed by atoms with E-state index in [0.29, 0.717) is 21.9 Å². The number of sulfonamides is 1. The third-order valence-electron chi connectivity index (χ3n) is 3.11. The predicted octanol–water partition coefficient (Wildman–Crippen LogP) is 3.59. The molecule has 1 heterocycles. The maximum absolute atomic E-state index is 12.4. The molecule has 3 rings (SSSR count). The fraction of sp³-hybridized carbons (Fsp3) is 0.0714. The van der Waals surface area contributed by atoms with E-state index in [1.54, 1.807) is 37.3 Å². The van der Waals surface area contributed by atoms with Crippen LogP contribution in [0.5, 0.6) is 0 Å². The molecule has 0 radical (unpaired) electrons. The zero-order chi connectivity index (χ0) is 15.0. The number of halogens is 1. The number of fused-ring (bicyclic) bond motifs is 1. The van der Waals surface area contributed by atoms with Gasteiger partial charge in [-0.15, -0.1) is 0 Å². The molecule has 0 aliphatic rings. The van der Waals surface area contributed by atoms with E-state index in [0.717, 1.165) is 5.39 Å². The normalized spacial score (nSPS) is 11.7. The third kappa shape index (κ3) is 2.59. The van der Waals surface area contributed by atoms with E-state index in [1.165, 1.54) is 12.3 Å². The molecule has 0 amide bonds. The first-order valence-electron chi connectivity index (χ1n) is 6.10. The number of nitrogens with one attached hydrogen (secondary N) is 1. The van der Waals surface area contributed by atoms with Crippen LogP contribution in [0, 0.1) is 6.92 Å². The summed E-state index contributed by atoms with van der Waals surface area (Å²) in [4.78, 5) is 0.153. The summed E-state index contributed by atoms with van der Waals surface area (Å²) in [6, 6.07) is 9.70. The van der Waals surface area contributed by atoms with Gasteiger partial charge < -0.3 is 4.52 Å². The second-order valence-corrected chi connectivity index (χ2v) is 6.60. The van der Waals surface area contributed by atoms with Gasteiger partial charge in [0.25, 0.3) is 10.0 Å². The second-order valence-electron chi connectivity index (χ2n) is 4.55. The number of anilines is 1. The summed E-state index contributed by atoms with van der Waals surface area (Å²) in [5.74, 6) is 0. The van der Waals surface area contributed by atoms with Crippen molar-refractivity contribution in [3.05, 3.63) is 53.2 Å². The van der Waals surface area contributed by atoms with Crippen LogP contribution < -0.4 is 4.72 Å². The summed E-state index contributed by atoms with van der Waals surface area (Å²) in [6.07, 6.45) is 1.53. The first-order valence-corrected chi connectivity index (χ1v) is 7.96. The second kappa shape index (κ2) is 5.05. The summed E-state index contributed by atoms with van der Waals surface area (Å²) in [7, 11) is -3.70. The Bertz CT molecular complexity index is 919. The van der Waals surface area contributed by atoms with Crippen molar-refractivity contribution in [2.24, 2.45) is 0 Å². The Kier molecular flexibility index (Phi) is 3.35. The first kappa shape index (κ1) is 13.9. The minimum absolute atomic E-state index is 0.153.